The van der Waals surface area contributed by atoms with Crippen LogP contribution in [-0.2, 0) is 17.8 Å². The second-order valence-electron chi connectivity index (χ2n) is 4.73. The van der Waals surface area contributed by atoms with E-state index in [9.17, 15) is 4.79 Å². The highest BCUT2D eigenvalue weighted by Crippen LogP contribution is 2.10. The molecule has 5 heteroatoms. The lowest BCUT2D eigenvalue weighted by atomic mass is 10.1. The Balaban J connectivity index is 2.00. The summed E-state index contributed by atoms with van der Waals surface area (Å²) in [6.45, 7) is 3.09. The minimum atomic E-state index is 0.0666. The second kappa shape index (κ2) is 7.04. The summed E-state index contributed by atoms with van der Waals surface area (Å²) in [5.74, 6) is 0.853. The Hall–Kier alpha value is -2.14. The Morgan fingerprint density at radius 2 is 2.00 bits per heavy atom. The molecule has 0 saturated carbocycles. The summed E-state index contributed by atoms with van der Waals surface area (Å²) in [5.41, 5.74) is 7.31. The van der Waals surface area contributed by atoms with Gasteiger partial charge >= 0.3 is 0 Å². The van der Waals surface area contributed by atoms with E-state index in [0.29, 0.717) is 24.5 Å². The van der Waals surface area contributed by atoms with Gasteiger partial charge < -0.3 is 15.1 Å². The molecule has 0 unspecified atom stereocenters. The van der Waals surface area contributed by atoms with Gasteiger partial charge in [0.05, 0.1) is 19.2 Å². The molecule has 1 aromatic heterocycles. The Bertz CT molecular complexity index is 606. The van der Waals surface area contributed by atoms with Crippen molar-refractivity contribution >= 4 is 23.1 Å². The number of furan rings is 1. The van der Waals surface area contributed by atoms with Crippen molar-refractivity contribution in [1.82, 2.24) is 4.90 Å². The molecule has 0 aliphatic carbocycles. The number of hydrogen-bond acceptors (Lipinski definition) is 3. The maximum Gasteiger partial charge on any atom is 0.227 e. The van der Waals surface area contributed by atoms with Crippen LogP contribution in [0.4, 0.5) is 0 Å². The molecule has 21 heavy (non-hydrogen) atoms. The smallest absolute Gasteiger partial charge is 0.227 e. The zero-order chi connectivity index (χ0) is 15.2. The van der Waals surface area contributed by atoms with Gasteiger partial charge in [-0.3, -0.25) is 4.79 Å². The Morgan fingerprint density at radius 3 is 2.52 bits per heavy atom. The first-order chi connectivity index (χ1) is 10.1. The zero-order valence-electron chi connectivity index (χ0n) is 11.9. The predicted molar refractivity (Wildman–Crippen MR) is 85.8 cm³/mol. The van der Waals surface area contributed by atoms with Crippen molar-refractivity contribution in [1.29, 1.82) is 0 Å². The number of nitrogens with zero attached hydrogens (tertiary/aromatic N) is 1. The highest BCUT2D eigenvalue weighted by atomic mass is 32.1. The normalized spacial score (nSPS) is 10.3. The first-order valence-corrected chi connectivity index (χ1v) is 7.20. The van der Waals surface area contributed by atoms with Crippen molar-refractivity contribution in [2.45, 2.75) is 19.9 Å². The van der Waals surface area contributed by atoms with E-state index in [1.54, 1.807) is 11.2 Å². The summed E-state index contributed by atoms with van der Waals surface area (Å²) in [7, 11) is 0. The maximum absolute atomic E-state index is 12.3. The molecule has 0 radical (unpaired) electrons. The summed E-state index contributed by atoms with van der Waals surface area (Å²) >= 11 is 4.91. The average Bonchev–Trinajstić information content (AvgIpc) is 2.98. The first-order valence-electron chi connectivity index (χ1n) is 6.79. The van der Waals surface area contributed by atoms with Crippen molar-refractivity contribution in [2.24, 2.45) is 5.73 Å². The molecule has 0 atom stereocenters. The maximum atomic E-state index is 12.3. The third-order valence-electron chi connectivity index (χ3n) is 3.26. The second-order valence-corrected chi connectivity index (χ2v) is 5.17. The van der Waals surface area contributed by atoms with Gasteiger partial charge in [-0.1, -0.05) is 36.5 Å². The fraction of sp³-hybridized carbons (Fsp3) is 0.250. The Labute approximate surface area is 129 Å². The lowest BCUT2D eigenvalue weighted by molar-refractivity contribution is -0.131. The number of thiocarbonyl (C=S) groups is 1. The molecule has 2 rings (SSSR count). The van der Waals surface area contributed by atoms with Crippen molar-refractivity contribution in [3.63, 3.8) is 0 Å². The lowest BCUT2D eigenvalue weighted by Gasteiger charge is -2.19. The first kappa shape index (κ1) is 15.3. The van der Waals surface area contributed by atoms with Crippen LogP contribution in [0.3, 0.4) is 0 Å². The lowest BCUT2D eigenvalue weighted by Crippen LogP contribution is -2.31. The van der Waals surface area contributed by atoms with Gasteiger partial charge in [0, 0.05) is 12.1 Å². The number of amides is 1. The van der Waals surface area contributed by atoms with Crippen LogP contribution in [0.1, 0.15) is 23.8 Å². The van der Waals surface area contributed by atoms with E-state index in [1.807, 2.05) is 43.3 Å². The number of carbonyl (C=O) groups excluding carboxylic acids is 1. The van der Waals surface area contributed by atoms with Crippen LogP contribution in [0.15, 0.2) is 47.1 Å². The van der Waals surface area contributed by atoms with Gasteiger partial charge in [0.1, 0.15) is 10.7 Å². The van der Waals surface area contributed by atoms with E-state index in [1.165, 1.54) is 0 Å². The molecular weight excluding hydrogens is 284 g/mol. The molecule has 0 fully saturated rings. The third-order valence-corrected chi connectivity index (χ3v) is 3.49. The van der Waals surface area contributed by atoms with Crippen molar-refractivity contribution in [3.8, 4) is 0 Å². The van der Waals surface area contributed by atoms with Gasteiger partial charge in [-0.15, -0.1) is 0 Å². The monoisotopic (exact) mass is 302 g/mol. The van der Waals surface area contributed by atoms with E-state index in [4.69, 9.17) is 22.4 Å². The molecule has 0 bridgehead atoms. The quantitative estimate of drug-likeness (QED) is 0.833. The number of nitrogens with two attached hydrogens (primary N) is 1. The van der Waals surface area contributed by atoms with Crippen LogP contribution < -0.4 is 5.73 Å². The highest BCUT2D eigenvalue weighted by Gasteiger charge is 2.14. The minimum absolute atomic E-state index is 0.0666. The molecule has 2 aromatic rings. The van der Waals surface area contributed by atoms with Gasteiger partial charge in [-0.05, 0) is 24.6 Å². The molecule has 2 N–H and O–H groups in total. The van der Waals surface area contributed by atoms with Crippen molar-refractivity contribution in [2.75, 3.05) is 6.54 Å². The number of benzene rings is 1. The highest BCUT2D eigenvalue weighted by molar-refractivity contribution is 7.80. The van der Waals surface area contributed by atoms with Gasteiger partial charge in [-0.25, -0.2) is 0 Å². The number of likely N-dealkylation sites (N-methyl/N-ethyl adjacent to an activating group) is 1. The third kappa shape index (κ3) is 4.16. The molecule has 0 spiro atoms. The van der Waals surface area contributed by atoms with Crippen LogP contribution in [0.5, 0.6) is 0 Å². The van der Waals surface area contributed by atoms with Crippen LogP contribution in [0, 0.1) is 0 Å². The summed E-state index contributed by atoms with van der Waals surface area (Å²) in [5, 5.41) is 0. The van der Waals surface area contributed by atoms with E-state index in [-0.39, 0.29) is 5.91 Å². The molecule has 4 nitrogen and oxygen atoms in total. The fourth-order valence-electron chi connectivity index (χ4n) is 2.04. The number of hydrogen-bond donors (Lipinski definition) is 1. The molecule has 0 aliphatic rings. The summed E-state index contributed by atoms with van der Waals surface area (Å²) in [6, 6.07) is 11.1. The van der Waals surface area contributed by atoms with E-state index in [0.717, 1.165) is 16.9 Å². The topological polar surface area (TPSA) is 59.5 Å². The van der Waals surface area contributed by atoms with Gasteiger partial charge in [0.15, 0.2) is 0 Å². The number of rotatable bonds is 6. The average molecular weight is 302 g/mol. The Morgan fingerprint density at radius 1 is 1.29 bits per heavy atom. The Kier molecular flexibility index (Phi) is 5.11. The molecule has 1 aromatic carbocycles. The van der Waals surface area contributed by atoms with E-state index in [2.05, 4.69) is 0 Å². The molecule has 1 heterocycles. The molecule has 0 aliphatic heterocycles. The zero-order valence-corrected chi connectivity index (χ0v) is 12.7. The van der Waals surface area contributed by atoms with Crippen LogP contribution >= 0.6 is 12.2 Å². The number of carbonyl (C=O) groups is 1. The molecule has 0 saturated heterocycles. The van der Waals surface area contributed by atoms with E-state index >= 15 is 0 Å². The summed E-state index contributed by atoms with van der Waals surface area (Å²) in [6.07, 6.45) is 1.97. The molecule has 110 valence electrons. The standard InChI is InChI=1S/C16H18N2O2S/c1-2-18(11-14-4-3-9-20-14)15(19)10-12-5-7-13(8-6-12)16(17)21/h3-9H,2,10-11H2,1H3,(H2,17,21). The van der Waals surface area contributed by atoms with Gasteiger partial charge in [-0.2, -0.15) is 0 Å². The van der Waals surface area contributed by atoms with Crippen molar-refractivity contribution in [3.05, 3.63) is 59.5 Å². The van der Waals surface area contributed by atoms with Gasteiger partial charge in [0.25, 0.3) is 0 Å². The molecular formula is C16H18N2O2S. The van der Waals surface area contributed by atoms with Gasteiger partial charge in [0.2, 0.25) is 5.91 Å². The van der Waals surface area contributed by atoms with Crippen LogP contribution in [-0.4, -0.2) is 22.3 Å². The summed E-state index contributed by atoms with van der Waals surface area (Å²) in [4.78, 5) is 14.4. The van der Waals surface area contributed by atoms with Crippen LogP contribution in [0.25, 0.3) is 0 Å². The SMILES string of the molecule is CCN(Cc1ccco1)C(=O)Cc1ccc(C(N)=S)cc1. The van der Waals surface area contributed by atoms with Crippen molar-refractivity contribution < 1.29 is 9.21 Å². The predicted octanol–water partition coefficient (Wildman–Crippen LogP) is 2.50. The molecule has 1 amide bonds. The van der Waals surface area contributed by atoms with Crippen LogP contribution in [0.2, 0.25) is 0 Å². The minimum Gasteiger partial charge on any atom is -0.467 e. The summed E-state index contributed by atoms with van der Waals surface area (Å²) < 4.78 is 5.29. The van der Waals surface area contributed by atoms with E-state index < -0.39 is 0 Å². The fourth-order valence-corrected chi connectivity index (χ4v) is 2.18. The largest absolute Gasteiger partial charge is 0.467 e.